The molecule has 4 N–H and O–H groups in total. The lowest BCUT2D eigenvalue weighted by Crippen LogP contribution is -2.32. The van der Waals surface area contributed by atoms with Crippen LogP contribution in [0.3, 0.4) is 0 Å². The van der Waals surface area contributed by atoms with E-state index >= 15 is 0 Å². The Bertz CT molecular complexity index is 610. The number of benzene rings is 1. The molecule has 0 aliphatic carbocycles. The molecule has 0 unspecified atom stereocenters. The summed E-state index contributed by atoms with van der Waals surface area (Å²) >= 11 is 0. The third-order valence-electron chi connectivity index (χ3n) is 2.42. The molecule has 0 saturated heterocycles. The summed E-state index contributed by atoms with van der Waals surface area (Å²) in [6.45, 7) is -0.184. The van der Waals surface area contributed by atoms with Gasteiger partial charge in [0.2, 0.25) is 0 Å². The molecule has 0 fully saturated rings. The van der Waals surface area contributed by atoms with Gasteiger partial charge in [-0.3, -0.25) is 4.79 Å². The highest BCUT2D eigenvalue weighted by Gasteiger charge is 2.06. The molecular weight excluding hydrogens is 298 g/mol. The van der Waals surface area contributed by atoms with Crippen LogP contribution >= 0.6 is 0 Å². The normalized spacial score (nSPS) is 12.0. The van der Waals surface area contributed by atoms with Crippen molar-refractivity contribution in [2.24, 2.45) is 10.9 Å². The molecule has 1 aromatic carbocycles. The monoisotopic (exact) mass is 315 g/mol. The van der Waals surface area contributed by atoms with Crippen molar-refractivity contribution in [3.05, 3.63) is 29.8 Å². The first-order valence-electron chi connectivity index (χ1n) is 5.97. The van der Waals surface area contributed by atoms with Gasteiger partial charge >= 0.3 is 0 Å². The van der Waals surface area contributed by atoms with E-state index in [2.05, 4.69) is 10.5 Å². The number of amidine groups is 1. The van der Waals surface area contributed by atoms with Crippen molar-refractivity contribution in [3.8, 4) is 5.75 Å². The average molecular weight is 315 g/mol. The number of hydrogen-bond acceptors (Lipinski definition) is 6. The zero-order chi connectivity index (χ0) is 15.9. The van der Waals surface area contributed by atoms with Crippen LogP contribution in [0.2, 0.25) is 0 Å². The number of carbonyl (C=O) groups excluding carboxylic acids is 1. The standard InChI is InChI=1S/C12H17N3O5S/c1-21(18,19)7-6-14-11(16)8-20-10-4-2-9(3-5-10)12(13)15-17/h2-5,17H,6-8H2,1H3,(H2,13,15)(H,14,16). The molecule has 0 aliphatic heterocycles. The van der Waals surface area contributed by atoms with E-state index in [-0.39, 0.29) is 24.7 Å². The zero-order valence-electron chi connectivity index (χ0n) is 11.4. The number of amides is 1. The predicted molar refractivity (Wildman–Crippen MR) is 77.2 cm³/mol. The maximum Gasteiger partial charge on any atom is 0.257 e. The summed E-state index contributed by atoms with van der Waals surface area (Å²) in [6.07, 6.45) is 1.10. The minimum atomic E-state index is -3.10. The molecule has 0 heterocycles. The van der Waals surface area contributed by atoms with Crippen molar-refractivity contribution in [3.63, 3.8) is 0 Å². The Labute approximate surface area is 122 Å². The smallest absolute Gasteiger partial charge is 0.257 e. The predicted octanol–water partition coefficient (Wildman–Crippen LogP) is -0.679. The summed E-state index contributed by atoms with van der Waals surface area (Å²) in [5.41, 5.74) is 5.92. The average Bonchev–Trinajstić information content (AvgIpc) is 2.43. The van der Waals surface area contributed by atoms with Crippen molar-refractivity contribution >= 4 is 21.6 Å². The van der Waals surface area contributed by atoms with E-state index in [0.29, 0.717) is 11.3 Å². The first-order chi connectivity index (χ1) is 9.81. The van der Waals surface area contributed by atoms with Gasteiger partial charge in [-0.25, -0.2) is 8.42 Å². The molecule has 1 amide bonds. The number of carbonyl (C=O) groups is 1. The molecule has 0 atom stereocenters. The lowest BCUT2D eigenvalue weighted by molar-refractivity contribution is -0.122. The fraction of sp³-hybridized carbons (Fsp3) is 0.333. The Morgan fingerprint density at radius 3 is 2.52 bits per heavy atom. The Kier molecular flexibility index (Phi) is 5.97. The minimum absolute atomic E-state index is 0.0277. The number of nitrogens with two attached hydrogens (primary N) is 1. The van der Waals surface area contributed by atoms with Gasteiger partial charge in [0.25, 0.3) is 5.91 Å². The van der Waals surface area contributed by atoms with E-state index < -0.39 is 15.7 Å². The van der Waals surface area contributed by atoms with E-state index in [1.54, 1.807) is 24.3 Å². The van der Waals surface area contributed by atoms with Crippen molar-refractivity contribution in [1.82, 2.24) is 5.32 Å². The fourth-order valence-electron chi connectivity index (χ4n) is 1.36. The van der Waals surface area contributed by atoms with Crippen molar-refractivity contribution in [1.29, 1.82) is 0 Å². The molecule has 0 aromatic heterocycles. The zero-order valence-corrected chi connectivity index (χ0v) is 12.3. The second kappa shape index (κ2) is 7.48. The first-order valence-corrected chi connectivity index (χ1v) is 8.03. The molecule has 0 aliphatic rings. The van der Waals surface area contributed by atoms with E-state index in [4.69, 9.17) is 15.7 Å². The Hall–Kier alpha value is -2.29. The maximum atomic E-state index is 11.4. The van der Waals surface area contributed by atoms with Gasteiger partial charge in [-0.2, -0.15) is 0 Å². The summed E-state index contributed by atoms with van der Waals surface area (Å²) in [4.78, 5) is 11.4. The molecule has 0 bridgehead atoms. The number of hydrogen-bond donors (Lipinski definition) is 3. The summed E-state index contributed by atoms with van der Waals surface area (Å²) < 4.78 is 27.0. The quantitative estimate of drug-likeness (QED) is 0.264. The summed E-state index contributed by atoms with van der Waals surface area (Å²) in [6, 6.07) is 6.28. The molecule has 1 aromatic rings. The highest BCUT2D eigenvalue weighted by molar-refractivity contribution is 7.90. The second-order valence-corrected chi connectivity index (χ2v) is 6.54. The van der Waals surface area contributed by atoms with E-state index in [1.165, 1.54) is 0 Å². The van der Waals surface area contributed by atoms with Gasteiger partial charge in [-0.15, -0.1) is 0 Å². The van der Waals surface area contributed by atoms with Crippen LogP contribution in [0.4, 0.5) is 0 Å². The molecule has 8 nitrogen and oxygen atoms in total. The van der Waals surface area contributed by atoms with E-state index in [1.807, 2.05) is 0 Å². The van der Waals surface area contributed by atoms with Crippen molar-refractivity contribution in [2.75, 3.05) is 25.2 Å². The van der Waals surface area contributed by atoms with E-state index in [0.717, 1.165) is 6.26 Å². The van der Waals surface area contributed by atoms with Crippen molar-refractivity contribution in [2.45, 2.75) is 0 Å². The van der Waals surface area contributed by atoms with Gasteiger partial charge in [0.05, 0.1) is 5.75 Å². The number of oxime groups is 1. The van der Waals surface area contributed by atoms with Crippen LogP contribution in [0.25, 0.3) is 0 Å². The van der Waals surface area contributed by atoms with Crippen molar-refractivity contribution < 1.29 is 23.2 Å². The highest BCUT2D eigenvalue weighted by Crippen LogP contribution is 2.11. The van der Waals surface area contributed by atoms with Crippen LogP contribution in [0.15, 0.2) is 29.4 Å². The van der Waals surface area contributed by atoms with Crippen LogP contribution in [-0.4, -0.2) is 50.5 Å². The van der Waals surface area contributed by atoms with E-state index in [9.17, 15) is 13.2 Å². The van der Waals surface area contributed by atoms with Crippen LogP contribution in [0.5, 0.6) is 5.75 Å². The molecule has 0 radical (unpaired) electrons. The Balaban J connectivity index is 2.39. The molecule has 0 spiro atoms. The third kappa shape index (κ3) is 6.61. The largest absolute Gasteiger partial charge is 0.484 e. The summed E-state index contributed by atoms with van der Waals surface area (Å²) in [5, 5.41) is 13.8. The SMILES string of the molecule is CS(=O)(=O)CCNC(=O)COc1ccc(/C(N)=N/O)cc1. The molecule has 9 heteroatoms. The lowest BCUT2D eigenvalue weighted by atomic mass is 10.2. The van der Waals surface area contributed by atoms with Gasteiger partial charge in [-0.1, -0.05) is 5.16 Å². The lowest BCUT2D eigenvalue weighted by Gasteiger charge is -2.07. The van der Waals surface area contributed by atoms with Gasteiger partial charge in [0, 0.05) is 18.4 Å². The molecule has 1 rings (SSSR count). The first kappa shape index (κ1) is 16.8. The summed E-state index contributed by atoms with van der Waals surface area (Å²) in [7, 11) is -3.10. The summed E-state index contributed by atoms with van der Waals surface area (Å²) in [5.74, 6) is -0.130. The van der Waals surface area contributed by atoms with Gasteiger partial charge in [0.1, 0.15) is 15.6 Å². The number of sulfone groups is 1. The number of rotatable bonds is 7. The van der Waals surface area contributed by atoms with Crippen LogP contribution in [0, 0.1) is 0 Å². The topological polar surface area (TPSA) is 131 Å². The van der Waals surface area contributed by atoms with Gasteiger partial charge in [-0.05, 0) is 24.3 Å². The molecule has 0 saturated carbocycles. The number of ether oxygens (including phenoxy) is 1. The van der Waals surface area contributed by atoms with Gasteiger partial charge < -0.3 is 21.0 Å². The maximum absolute atomic E-state index is 11.4. The number of nitrogens with zero attached hydrogens (tertiary/aromatic N) is 1. The second-order valence-electron chi connectivity index (χ2n) is 4.28. The minimum Gasteiger partial charge on any atom is -0.484 e. The third-order valence-corrected chi connectivity index (χ3v) is 3.37. The molecule has 21 heavy (non-hydrogen) atoms. The highest BCUT2D eigenvalue weighted by atomic mass is 32.2. The molecule has 116 valence electrons. The van der Waals surface area contributed by atoms with Crippen LogP contribution < -0.4 is 15.8 Å². The fourth-order valence-corrected chi connectivity index (χ4v) is 1.83. The van der Waals surface area contributed by atoms with Crippen LogP contribution in [-0.2, 0) is 14.6 Å². The Morgan fingerprint density at radius 1 is 1.38 bits per heavy atom. The van der Waals surface area contributed by atoms with Gasteiger partial charge in [0.15, 0.2) is 12.4 Å². The Morgan fingerprint density at radius 2 is 2.00 bits per heavy atom. The molecular formula is C12H17N3O5S. The number of nitrogens with one attached hydrogen (secondary N) is 1. The van der Waals surface area contributed by atoms with Crippen LogP contribution in [0.1, 0.15) is 5.56 Å².